The fraction of sp³-hybridized carbons (Fsp3) is 0.273. The maximum absolute atomic E-state index is 13.5. The Hall–Kier alpha value is -1.81. The van der Waals surface area contributed by atoms with Gasteiger partial charge in [-0.15, -0.1) is 0 Å². The number of amidine groups is 1. The van der Waals surface area contributed by atoms with E-state index in [0.717, 1.165) is 23.9 Å². The van der Waals surface area contributed by atoms with Crippen molar-refractivity contribution in [3.8, 4) is 11.9 Å². The van der Waals surface area contributed by atoms with Gasteiger partial charge in [-0.05, 0) is 13.2 Å². The molecule has 0 fully saturated rings. The van der Waals surface area contributed by atoms with Crippen molar-refractivity contribution in [1.82, 2.24) is 5.32 Å². The van der Waals surface area contributed by atoms with Crippen molar-refractivity contribution >= 4 is 22.6 Å². The summed E-state index contributed by atoms with van der Waals surface area (Å²) in [5, 5.41) is 11.0. The number of nitrogens with one attached hydrogen (secondary N) is 1. The van der Waals surface area contributed by atoms with Gasteiger partial charge in [0.2, 0.25) is 0 Å². The highest BCUT2D eigenvalue weighted by Crippen LogP contribution is 2.27. The lowest BCUT2D eigenvalue weighted by molar-refractivity contribution is 0.303. The molecule has 0 aliphatic carbocycles. The van der Waals surface area contributed by atoms with Crippen LogP contribution in [0.5, 0.6) is 5.75 Å². The molecule has 0 aromatic heterocycles. The minimum atomic E-state index is -0.826. The second-order valence-electron chi connectivity index (χ2n) is 3.03. The molecule has 0 saturated heterocycles. The van der Waals surface area contributed by atoms with E-state index in [0.29, 0.717) is 0 Å². The maximum atomic E-state index is 13.5. The molecule has 1 aromatic carbocycles. The molecule has 1 N–H and O–H groups in total. The third-order valence-electron chi connectivity index (χ3n) is 1.86. The summed E-state index contributed by atoms with van der Waals surface area (Å²) in [6.45, 7) is 1.80. The molecule has 18 heavy (non-hydrogen) atoms. The van der Waals surface area contributed by atoms with Crippen LogP contribution in [0.1, 0.15) is 6.92 Å². The first-order chi connectivity index (χ1) is 8.62. The quantitative estimate of drug-likeness (QED) is 0.397. The van der Waals surface area contributed by atoms with Gasteiger partial charge in [-0.2, -0.15) is 5.26 Å². The molecule has 7 heteroatoms. The summed E-state index contributed by atoms with van der Waals surface area (Å²) in [4.78, 5) is 3.90. The lowest BCUT2D eigenvalue weighted by atomic mass is 10.3. The van der Waals surface area contributed by atoms with Crippen molar-refractivity contribution in [2.75, 3.05) is 12.9 Å². The molecule has 0 amide bonds. The van der Waals surface area contributed by atoms with Gasteiger partial charge in [0, 0.05) is 12.1 Å². The number of halogens is 2. The predicted octanol–water partition coefficient (Wildman–Crippen LogP) is 2.78. The smallest absolute Gasteiger partial charge is 0.190 e. The van der Waals surface area contributed by atoms with Crippen LogP contribution < -0.4 is 10.1 Å². The first-order valence-electron chi connectivity index (χ1n) is 5.02. The van der Waals surface area contributed by atoms with E-state index < -0.39 is 17.4 Å². The molecular formula is C11H11F2N3OS. The minimum absolute atomic E-state index is 0.0700. The van der Waals surface area contributed by atoms with Crippen LogP contribution in [0.4, 0.5) is 14.5 Å². The normalized spacial score (nSPS) is 10.9. The molecule has 1 aromatic rings. The van der Waals surface area contributed by atoms with Crippen molar-refractivity contribution in [2.24, 2.45) is 4.99 Å². The van der Waals surface area contributed by atoms with E-state index in [9.17, 15) is 8.78 Å². The van der Waals surface area contributed by atoms with E-state index in [4.69, 9.17) is 10.00 Å². The fourth-order valence-corrected chi connectivity index (χ4v) is 1.53. The maximum Gasteiger partial charge on any atom is 0.190 e. The molecule has 0 aliphatic heterocycles. The summed E-state index contributed by atoms with van der Waals surface area (Å²) in [6.07, 6.45) is 3.37. The lowest BCUT2D eigenvalue weighted by Crippen LogP contribution is -2.12. The summed E-state index contributed by atoms with van der Waals surface area (Å²) in [5.41, 5.74) is 0.0700. The van der Waals surface area contributed by atoms with Gasteiger partial charge < -0.3 is 4.74 Å². The van der Waals surface area contributed by atoms with Gasteiger partial charge in [0.15, 0.2) is 28.7 Å². The molecule has 0 heterocycles. The topological polar surface area (TPSA) is 57.4 Å². The zero-order chi connectivity index (χ0) is 13.5. The predicted molar refractivity (Wildman–Crippen MR) is 66.9 cm³/mol. The molecular weight excluding hydrogens is 260 g/mol. The highest BCUT2D eigenvalue weighted by atomic mass is 32.2. The van der Waals surface area contributed by atoms with E-state index >= 15 is 0 Å². The van der Waals surface area contributed by atoms with Crippen LogP contribution in [0.3, 0.4) is 0 Å². The third-order valence-corrected chi connectivity index (χ3v) is 2.44. The largest absolute Gasteiger partial charge is 0.488 e. The van der Waals surface area contributed by atoms with Crippen LogP contribution in [0.15, 0.2) is 17.1 Å². The van der Waals surface area contributed by atoms with Crippen molar-refractivity contribution in [1.29, 1.82) is 5.26 Å². The minimum Gasteiger partial charge on any atom is -0.488 e. The number of aliphatic imine (C=N–C) groups is 1. The van der Waals surface area contributed by atoms with Crippen molar-refractivity contribution < 1.29 is 13.5 Å². The van der Waals surface area contributed by atoms with Crippen LogP contribution >= 0.6 is 11.8 Å². The number of rotatable bonds is 3. The number of nitriles is 1. The summed E-state index contributed by atoms with van der Waals surface area (Å²) in [6, 6.07) is 2.09. The van der Waals surface area contributed by atoms with Crippen LogP contribution in [-0.4, -0.2) is 18.0 Å². The van der Waals surface area contributed by atoms with Crippen molar-refractivity contribution in [3.05, 3.63) is 23.8 Å². The second kappa shape index (κ2) is 6.81. The monoisotopic (exact) mass is 271 g/mol. The van der Waals surface area contributed by atoms with Gasteiger partial charge in [-0.1, -0.05) is 11.8 Å². The first-order valence-corrected chi connectivity index (χ1v) is 6.24. The standard InChI is InChI=1S/C11H11F2N3OS/c1-3-17-10-8(12)4-7(5-9(10)13)16-11(18-2)15-6-14/h4-5H,3H2,1-2H3,(H,15,16). The van der Waals surface area contributed by atoms with E-state index in [-0.39, 0.29) is 17.5 Å². The third kappa shape index (κ3) is 3.60. The second-order valence-corrected chi connectivity index (χ2v) is 3.82. The first kappa shape index (κ1) is 14.3. The zero-order valence-electron chi connectivity index (χ0n) is 9.83. The van der Waals surface area contributed by atoms with Gasteiger partial charge in [0.1, 0.15) is 0 Å². The Bertz CT molecular complexity index is 477. The number of ether oxygens (including phenoxy) is 1. The van der Waals surface area contributed by atoms with E-state index in [1.165, 1.54) is 0 Å². The summed E-state index contributed by atoms with van der Waals surface area (Å²) in [7, 11) is 0. The number of hydrogen-bond acceptors (Lipinski definition) is 4. The summed E-state index contributed by atoms with van der Waals surface area (Å²) < 4.78 is 31.9. The van der Waals surface area contributed by atoms with Crippen LogP contribution in [0.25, 0.3) is 0 Å². The molecule has 0 atom stereocenters. The van der Waals surface area contributed by atoms with Gasteiger partial charge in [-0.25, -0.2) is 13.8 Å². The summed E-state index contributed by atoms with van der Waals surface area (Å²) >= 11 is 1.16. The van der Waals surface area contributed by atoms with Crippen LogP contribution in [0, 0.1) is 23.1 Å². The zero-order valence-corrected chi connectivity index (χ0v) is 10.6. The van der Waals surface area contributed by atoms with Gasteiger partial charge in [0.05, 0.1) is 12.3 Å². The lowest BCUT2D eigenvalue weighted by Gasteiger charge is -2.07. The molecule has 0 bridgehead atoms. The Labute approximate surface area is 108 Å². The van der Waals surface area contributed by atoms with E-state index in [1.54, 1.807) is 19.4 Å². The Morgan fingerprint density at radius 3 is 2.56 bits per heavy atom. The number of nitrogens with zero attached hydrogens (tertiary/aromatic N) is 2. The Morgan fingerprint density at radius 2 is 2.11 bits per heavy atom. The average Bonchev–Trinajstić information content (AvgIpc) is 2.33. The molecule has 0 saturated carbocycles. The van der Waals surface area contributed by atoms with Crippen LogP contribution in [-0.2, 0) is 0 Å². The number of thioether (sulfide) groups is 1. The molecule has 0 radical (unpaired) electrons. The molecule has 0 unspecified atom stereocenters. The molecule has 0 aliphatic rings. The summed E-state index contributed by atoms with van der Waals surface area (Å²) in [5.74, 6) is -2.07. The number of hydrogen-bond donors (Lipinski definition) is 1. The van der Waals surface area contributed by atoms with Gasteiger partial charge in [-0.3, -0.25) is 5.32 Å². The molecule has 1 rings (SSSR count). The molecule has 96 valence electrons. The van der Waals surface area contributed by atoms with E-state index in [1.807, 2.05) is 0 Å². The Morgan fingerprint density at radius 1 is 1.50 bits per heavy atom. The van der Waals surface area contributed by atoms with Crippen LogP contribution in [0.2, 0.25) is 0 Å². The van der Waals surface area contributed by atoms with Crippen molar-refractivity contribution in [2.45, 2.75) is 6.92 Å². The van der Waals surface area contributed by atoms with Gasteiger partial charge >= 0.3 is 0 Å². The fourth-order valence-electron chi connectivity index (χ4n) is 1.18. The Balaban J connectivity index is 3.10. The number of benzene rings is 1. The Kier molecular flexibility index (Phi) is 5.39. The van der Waals surface area contributed by atoms with Crippen molar-refractivity contribution in [3.63, 3.8) is 0 Å². The van der Waals surface area contributed by atoms with E-state index in [2.05, 4.69) is 10.3 Å². The van der Waals surface area contributed by atoms with Gasteiger partial charge in [0.25, 0.3) is 0 Å². The average molecular weight is 271 g/mol. The highest BCUT2D eigenvalue weighted by Gasteiger charge is 2.12. The molecule has 4 nitrogen and oxygen atoms in total. The SMILES string of the molecule is CCOc1c(F)cc(N=C(NC#N)SC)cc1F. The highest BCUT2D eigenvalue weighted by molar-refractivity contribution is 8.13. The molecule has 0 spiro atoms.